The lowest BCUT2D eigenvalue weighted by Gasteiger charge is -2.27. The van der Waals surface area contributed by atoms with E-state index in [9.17, 15) is 39.0 Å². The van der Waals surface area contributed by atoms with Crippen LogP contribution in [0.3, 0.4) is 0 Å². The highest BCUT2D eigenvalue weighted by molar-refractivity contribution is 7.29. The third-order valence-electron chi connectivity index (χ3n) is 13.4. The number of benzene rings is 2. The second-order valence-electron chi connectivity index (χ2n) is 18.3. The third kappa shape index (κ3) is 8.85. The number of nitrogens with zero attached hydrogens (tertiary/aromatic N) is 2. The number of carbonyl (C=O) groups excluding carboxylic acids is 6. The zero-order valence-corrected chi connectivity index (χ0v) is 41.6. The van der Waals surface area contributed by atoms with Crippen molar-refractivity contribution in [3.8, 4) is 0 Å². The summed E-state index contributed by atoms with van der Waals surface area (Å²) in [5, 5.41) is 29.3. The average molecular weight is 1000 g/mol. The summed E-state index contributed by atoms with van der Waals surface area (Å²) in [4.78, 5) is 81.8. The van der Waals surface area contributed by atoms with E-state index >= 15 is 0 Å². The first-order chi connectivity index (χ1) is 34.7. The highest BCUT2D eigenvalue weighted by Gasteiger charge is 2.43. The lowest BCUT2D eigenvalue weighted by Crippen LogP contribution is -2.35. The summed E-state index contributed by atoms with van der Waals surface area (Å²) in [6.45, 7) is 9.59. The highest BCUT2D eigenvalue weighted by Crippen LogP contribution is 2.49. The third-order valence-corrected chi connectivity index (χ3v) is 15.8. The molecule has 2 saturated heterocycles. The van der Waals surface area contributed by atoms with E-state index in [1.807, 2.05) is 13.8 Å². The molecule has 2 aromatic carbocycles. The molecule has 0 saturated carbocycles. The molecule has 14 nitrogen and oxygen atoms in total. The van der Waals surface area contributed by atoms with Crippen LogP contribution in [-0.4, -0.2) is 92.3 Å². The quantitative estimate of drug-likeness (QED) is 0.0683. The molecular formula is C56H50N4O10S2+2. The van der Waals surface area contributed by atoms with Crippen LogP contribution in [0.25, 0.3) is 20.5 Å². The van der Waals surface area contributed by atoms with Crippen molar-refractivity contribution in [2.24, 2.45) is 0 Å². The van der Waals surface area contributed by atoms with Gasteiger partial charge in [0.25, 0.3) is 11.8 Å². The first-order valence-corrected chi connectivity index (χ1v) is 25.4. The Morgan fingerprint density at radius 1 is 0.556 bits per heavy atom. The number of Topliss-reactive ketones (excluding diaryl/α,β-unsaturated/α-hetero) is 2. The van der Waals surface area contributed by atoms with Crippen LogP contribution >= 0.6 is 22.7 Å². The number of amides is 2. The van der Waals surface area contributed by atoms with Gasteiger partial charge >= 0.3 is 11.9 Å². The maximum absolute atomic E-state index is 14.2. The number of hydrogen-bond acceptors (Lipinski definition) is 12. The number of aliphatic hydroxyl groups is 2. The Bertz CT molecular complexity index is 3160. The van der Waals surface area contributed by atoms with Crippen molar-refractivity contribution in [3.63, 3.8) is 0 Å². The first-order valence-electron chi connectivity index (χ1n) is 23.8. The molecule has 0 bridgehead atoms. The number of rotatable bonds is 10. The van der Waals surface area contributed by atoms with Crippen LogP contribution in [0, 0.1) is 0 Å². The van der Waals surface area contributed by atoms with E-state index in [0.29, 0.717) is 32.0 Å². The van der Waals surface area contributed by atoms with Gasteiger partial charge in [0.1, 0.15) is 37.7 Å². The lowest BCUT2D eigenvalue weighted by molar-refractivity contribution is -0.505. The Hall–Kier alpha value is -7.82. The number of hydrogen-bond donors (Lipinski definition) is 4. The van der Waals surface area contributed by atoms with Crippen LogP contribution in [0.2, 0.25) is 0 Å². The van der Waals surface area contributed by atoms with E-state index in [4.69, 9.17) is 9.47 Å². The number of esters is 2. The Kier molecular flexibility index (Phi) is 12.9. The molecule has 10 rings (SSSR count). The molecule has 0 radical (unpaired) electrons. The molecule has 2 aliphatic heterocycles. The molecular weight excluding hydrogens is 953 g/mol. The van der Waals surface area contributed by atoms with Crippen LogP contribution in [0.4, 0.5) is 0 Å². The van der Waals surface area contributed by atoms with Gasteiger partial charge in [0, 0.05) is 104 Å². The summed E-state index contributed by atoms with van der Waals surface area (Å²) < 4.78 is 16.8. The summed E-state index contributed by atoms with van der Waals surface area (Å²) in [5.74, 6) is -3.84. The van der Waals surface area contributed by atoms with Gasteiger partial charge < -0.3 is 30.3 Å². The Morgan fingerprint density at radius 2 is 0.917 bits per heavy atom. The van der Waals surface area contributed by atoms with Gasteiger partial charge in [-0.3, -0.25) is 28.8 Å². The number of ketones is 2. The molecule has 72 heavy (non-hydrogen) atoms. The SMILES string of the molecule is CC(=O)OC(C(=O)NC1=CC(=[N+]2CCCC2)C(C)=C/C1=C1/C(=O)C(c2cc3sc(C4=C(O)/C(=C5\C=C(C)C(=[N+]6CCCC6)C=C5NC(=O)C(OC(C)=O)c5ccccc5)C4=O)cc3s2)=C1O)c1ccccc1. The number of fused-ring (bicyclic) bond motifs is 1. The second-order valence-corrected chi connectivity index (χ2v) is 20.5. The average Bonchev–Trinajstić information content (AvgIpc) is 4.20. The number of carbonyl (C=O) groups is 6. The summed E-state index contributed by atoms with van der Waals surface area (Å²) >= 11 is 2.51. The van der Waals surface area contributed by atoms with Gasteiger partial charge in [-0.2, -0.15) is 0 Å². The van der Waals surface area contributed by atoms with E-state index in [2.05, 4.69) is 19.8 Å². The highest BCUT2D eigenvalue weighted by atomic mass is 32.1. The molecule has 0 spiro atoms. The summed E-state index contributed by atoms with van der Waals surface area (Å²) in [6.07, 6.45) is 8.68. The fourth-order valence-electron chi connectivity index (χ4n) is 9.99. The first kappa shape index (κ1) is 47.8. The van der Waals surface area contributed by atoms with Crippen LogP contribution in [-0.2, 0) is 38.2 Å². The number of aliphatic hydroxyl groups excluding tert-OH is 2. The molecule has 6 aliphatic rings. The molecule has 16 heteroatoms. The molecule has 4 aromatic rings. The van der Waals surface area contributed by atoms with Gasteiger partial charge in [-0.15, -0.1) is 22.7 Å². The molecule has 364 valence electrons. The smallest absolute Gasteiger partial charge is 0.303 e. The zero-order valence-electron chi connectivity index (χ0n) is 39.9. The minimum absolute atomic E-state index is 0.0389. The molecule has 2 fully saturated rings. The fourth-order valence-corrected chi connectivity index (χ4v) is 12.5. The van der Waals surface area contributed by atoms with Crippen molar-refractivity contribution in [3.05, 3.63) is 174 Å². The molecule has 4 N–H and O–H groups in total. The molecule has 2 amide bonds. The van der Waals surface area contributed by atoms with Crippen LogP contribution in [0.15, 0.2) is 153 Å². The number of nitrogens with one attached hydrogen (secondary N) is 2. The normalized spacial score (nSPS) is 20.9. The van der Waals surface area contributed by atoms with Crippen molar-refractivity contribution < 1.29 is 57.6 Å². The standard InChI is InChI=1S/C56H48N4O10S2/c1-29-23-35(37(25-39(29)59-19-11-12-20-59)57-55(67)53(69-31(3)61)33-15-7-5-8-16-33)45-49(63)47(50(45)64)43-27-41-42(71-43)28-44(72-41)48-51(65)46(52(48)66)36-24-30(2)40(60-21-13-14-22-60)26-38(36)58-56(68)54(70-32(4)62)34-17-9-6-10-18-34/h5-10,15-18,23-28,53-54H,11-14,19-22H2,1-4H3,(H2,57,58,63,64,65,66,67,68)/p+2. The van der Waals surface area contributed by atoms with E-state index in [-0.39, 0.29) is 45.2 Å². The largest absolute Gasteiger partial charge is 0.506 e. The van der Waals surface area contributed by atoms with Gasteiger partial charge in [0.2, 0.25) is 35.2 Å². The van der Waals surface area contributed by atoms with E-state index < -0.39 is 47.5 Å². The Balaban J connectivity index is 0.962. The maximum atomic E-state index is 14.2. The lowest BCUT2D eigenvalue weighted by atomic mass is 9.80. The van der Waals surface area contributed by atoms with Crippen molar-refractivity contribution in [1.82, 2.24) is 10.6 Å². The number of thiophene rings is 2. The van der Waals surface area contributed by atoms with E-state index in [1.165, 1.54) is 36.5 Å². The van der Waals surface area contributed by atoms with E-state index in [1.54, 1.807) is 97.1 Å². The van der Waals surface area contributed by atoms with Gasteiger partial charge in [-0.05, 0) is 38.1 Å². The molecule has 4 heterocycles. The van der Waals surface area contributed by atoms with Crippen molar-refractivity contribution in [2.75, 3.05) is 26.2 Å². The van der Waals surface area contributed by atoms with Crippen LogP contribution < -0.4 is 10.6 Å². The molecule has 2 aromatic heterocycles. The van der Waals surface area contributed by atoms with Gasteiger partial charge in [0.05, 0.1) is 33.7 Å². The van der Waals surface area contributed by atoms with Crippen molar-refractivity contribution in [2.45, 2.75) is 65.6 Å². The monoisotopic (exact) mass is 1000 g/mol. The molecule has 2 atom stereocenters. The van der Waals surface area contributed by atoms with Gasteiger partial charge in [0.15, 0.2) is 0 Å². The molecule has 2 unspecified atom stereocenters. The predicted molar refractivity (Wildman–Crippen MR) is 273 cm³/mol. The van der Waals surface area contributed by atoms with Crippen molar-refractivity contribution in [1.29, 1.82) is 0 Å². The van der Waals surface area contributed by atoms with Gasteiger partial charge in [-0.25, -0.2) is 9.15 Å². The predicted octanol–water partition coefficient (Wildman–Crippen LogP) is 8.28. The Morgan fingerprint density at radius 3 is 1.25 bits per heavy atom. The fraction of sp³-hybridized carbons (Fsp3) is 0.250. The zero-order chi connectivity index (χ0) is 50.5. The minimum atomic E-state index is -1.27. The Labute approximate surface area is 422 Å². The topological polar surface area (TPSA) is 191 Å². The van der Waals surface area contributed by atoms with E-state index in [0.717, 1.165) is 83.8 Å². The van der Waals surface area contributed by atoms with Crippen molar-refractivity contribution >= 4 is 90.0 Å². The summed E-state index contributed by atoms with van der Waals surface area (Å²) in [5.41, 5.74) is 5.91. The molecule has 4 aliphatic carbocycles. The minimum Gasteiger partial charge on any atom is -0.506 e. The van der Waals surface area contributed by atoms with Crippen LogP contribution in [0.5, 0.6) is 0 Å². The summed E-state index contributed by atoms with van der Waals surface area (Å²) in [6, 6.07) is 20.8. The maximum Gasteiger partial charge on any atom is 0.303 e. The van der Waals surface area contributed by atoms with Crippen LogP contribution in [0.1, 0.15) is 86.5 Å². The van der Waals surface area contributed by atoms with Gasteiger partial charge in [-0.1, -0.05) is 60.7 Å². The second kappa shape index (κ2) is 19.4. The number of allylic oxidation sites excluding steroid dienone is 10. The summed E-state index contributed by atoms with van der Waals surface area (Å²) in [7, 11) is 0. The number of ether oxygens (including phenoxy) is 2.